The fraction of sp³-hybridized carbons (Fsp3) is 0.409. The lowest BCUT2D eigenvalue weighted by Crippen LogP contribution is -2.34. The molecule has 0 spiro atoms. The molecule has 27 heavy (non-hydrogen) atoms. The third-order valence-electron chi connectivity index (χ3n) is 5.45. The van der Waals surface area contributed by atoms with Gasteiger partial charge in [-0.3, -0.25) is 4.90 Å². The van der Waals surface area contributed by atoms with Crippen LogP contribution in [0, 0.1) is 10.8 Å². The molecule has 2 aliphatic carbocycles. The van der Waals surface area contributed by atoms with Crippen molar-refractivity contribution in [1.29, 1.82) is 0 Å². The third-order valence-corrected chi connectivity index (χ3v) is 5.45. The van der Waals surface area contributed by atoms with Crippen LogP contribution in [0.5, 0.6) is 0 Å². The van der Waals surface area contributed by atoms with Crippen molar-refractivity contribution in [2.75, 3.05) is 7.05 Å². The number of hydrogen-bond acceptors (Lipinski definition) is 4. The maximum atomic E-state index is 13.1. The molecule has 4 aliphatic rings. The van der Waals surface area contributed by atoms with Crippen LogP contribution in [0.15, 0.2) is 70.9 Å². The fourth-order valence-electron chi connectivity index (χ4n) is 4.28. The number of amides is 1. The first-order valence-electron chi connectivity index (χ1n) is 9.21. The maximum Gasteiger partial charge on any atom is 0.419 e. The molecule has 2 heterocycles. The number of fused-ring (bicyclic) bond motifs is 2. The standard InChI is InChI=1S/C22H25NO4/c1-21(2)12-14-8-6-10-25-16(14)18(21)23(5)20(24)27-19-17-15(9-7-11-26-17)13-22(19,3)4/h6-11H,12-13H2,1-5H3. The zero-order valence-corrected chi connectivity index (χ0v) is 16.5. The maximum absolute atomic E-state index is 13.1. The highest BCUT2D eigenvalue weighted by atomic mass is 16.6. The molecule has 0 radical (unpaired) electrons. The molecule has 4 rings (SSSR count). The molecule has 0 aromatic carbocycles. The highest BCUT2D eigenvalue weighted by molar-refractivity contribution is 5.73. The molecule has 0 saturated carbocycles. The van der Waals surface area contributed by atoms with E-state index in [0.717, 1.165) is 35.4 Å². The molecule has 5 nitrogen and oxygen atoms in total. The van der Waals surface area contributed by atoms with Crippen LogP contribution in [0.2, 0.25) is 0 Å². The zero-order chi connectivity index (χ0) is 19.4. The van der Waals surface area contributed by atoms with Crippen molar-refractivity contribution in [3.05, 3.63) is 70.9 Å². The molecule has 0 aromatic rings. The summed E-state index contributed by atoms with van der Waals surface area (Å²) >= 11 is 0. The first-order chi connectivity index (χ1) is 12.7. The Morgan fingerprint density at radius 2 is 1.52 bits per heavy atom. The molecule has 2 aliphatic heterocycles. The number of carbonyl (C=O) groups is 1. The molecule has 0 bridgehead atoms. The van der Waals surface area contributed by atoms with E-state index in [2.05, 4.69) is 27.7 Å². The van der Waals surface area contributed by atoms with Crippen molar-refractivity contribution >= 4 is 6.09 Å². The number of nitrogens with zero attached hydrogens (tertiary/aromatic N) is 1. The second-order valence-electron chi connectivity index (χ2n) is 8.66. The fourth-order valence-corrected chi connectivity index (χ4v) is 4.28. The Hall–Kier alpha value is -2.69. The van der Waals surface area contributed by atoms with Crippen molar-refractivity contribution in [2.24, 2.45) is 10.8 Å². The summed E-state index contributed by atoms with van der Waals surface area (Å²) in [7, 11) is 1.74. The average molecular weight is 367 g/mol. The van der Waals surface area contributed by atoms with Crippen molar-refractivity contribution < 1.29 is 19.0 Å². The average Bonchev–Trinajstić information content (AvgIpc) is 3.02. The van der Waals surface area contributed by atoms with E-state index < -0.39 is 6.09 Å². The van der Waals surface area contributed by atoms with E-state index in [0.29, 0.717) is 11.5 Å². The summed E-state index contributed by atoms with van der Waals surface area (Å²) in [5, 5.41) is 0. The second kappa shape index (κ2) is 5.91. The van der Waals surface area contributed by atoms with Crippen LogP contribution in [0.3, 0.4) is 0 Å². The van der Waals surface area contributed by atoms with Gasteiger partial charge in [-0.2, -0.15) is 0 Å². The Balaban J connectivity index is 1.64. The molecule has 0 fully saturated rings. The monoisotopic (exact) mass is 367 g/mol. The lowest BCUT2D eigenvalue weighted by Gasteiger charge is -2.30. The van der Waals surface area contributed by atoms with Crippen LogP contribution in [0.25, 0.3) is 0 Å². The van der Waals surface area contributed by atoms with Crippen LogP contribution < -0.4 is 0 Å². The van der Waals surface area contributed by atoms with Crippen LogP contribution in [0.1, 0.15) is 40.5 Å². The van der Waals surface area contributed by atoms with Gasteiger partial charge in [0.15, 0.2) is 11.5 Å². The summed E-state index contributed by atoms with van der Waals surface area (Å²) in [6.45, 7) is 8.34. The Morgan fingerprint density at radius 1 is 0.963 bits per heavy atom. The van der Waals surface area contributed by atoms with Crippen molar-refractivity contribution in [1.82, 2.24) is 4.90 Å². The molecule has 0 atom stereocenters. The van der Waals surface area contributed by atoms with Gasteiger partial charge in [0.2, 0.25) is 0 Å². The summed E-state index contributed by atoms with van der Waals surface area (Å²) in [5.74, 6) is 1.99. The third kappa shape index (κ3) is 2.82. The minimum absolute atomic E-state index is 0.223. The topological polar surface area (TPSA) is 48.0 Å². The summed E-state index contributed by atoms with van der Waals surface area (Å²) in [6, 6.07) is 0. The summed E-state index contributed by atoms with van der Waals surface area (Å²) < 4.78 is 17.3. The predicted octanol–water partition coefficient (Wildman–Crippen LogP) is 5.28. The van der Waals surface area contributed by atoms with Crippen molar-refractivity contribution in [2.45, 2.75) is 40.5 Å². The molecule has 0 saturated heterocycles. The highest BCUT2D eigenvalue weighted by Gasteiger charge is 2.44. The minimum Gasteiger partial charge on any atom is -0.463 e. The van der Waals surface area contributed by atoms with E-state index in [4.69, 9.17) is 14.2 Å². The minimum atomic E-state index is -0.431. The Bertz CT molecular complexity index is 893. The molecule has 5 heteroatoms. The molecular formula is C22H25NO4. The second-order valence-corrected chi connectivity index (χ2v) is 8.66. The first-order valence-corrected chi connectivity index (χ1v) is 9.21. The molecule has 0 N–H and O–H groups in total. The van der Waals surface area contributed by atoms with Crippen LogP contribution >= 0.6 is 0 Å². The predicted molar refractivity (Wildman–Crippen MR) is 102 cm³/mol. The van der Waals surface area contributed by atoms with Gasteiger partial charge in [-0.05, 0) is 36.1 Å². The van der Waals surface area contributed by atoms with Crippen LogP contribution in [-0.2, 0) is 14.2 Å². The number of hydrogen-bond donors (Lipinski definition) is 0. The van der Waals surface area contributed by atoms with Gasteiger partial charge in [-0.1, -0.05) is 39.8 Å². The van der Waals surface area contributed by atoms with Gasteiger partial charge in [0.1, 0.15) is 5.76 Å². The number of carbonyl (C=O) groups excluding carboxylic acids is 1. The normalized spacial score (nSPS) is 23.9. The first kappa shape index (κ1) is 17.7. The lowest BCUT2D eigenvalue weighted by atomic mass is 9.88. The van der Waals surface area contributed by atoms with E-state index in [9.17, 15) is 4.79 Å². The summed E-state index contributed by atoms with van der Waals surface area (Å²) in [6.07, 6.45) is 12.2. The van der Waals surface area contributed by atoms with Gasteiger partial charge >= 0.3 is 6.09 Å². The molecule has 0 aromatic heterocycles. The van der Waals surface area contributed by atoms with Gasteiger partial charge < -0.3 is 14.2 Å². The molecular weight excluding hydrogens is 342 g/mol. The van der Waals surface area contributed by atoms with Gasteiger partial charge in [0, 0.05) is 17.9 Å². The van der Waals surface area contributed by atoms with Gasteiger partial charge in [-0.25, -0.2) is 4.79 Å². The van der Waals surface area contributed by atoms with Crippen LogP contribution in [0.4, 0.5) is 4.79 Å². The molecule has 1 amide bonds. The Morgan fingerprint density at radius 3 is 2.19 bits per heavy atom. The van der Waals surface area contributed by atoms with E-state index in [1.54, 1.807) is 24.5 Å². The van der Waals surface area contributed by atoms with E-state index >= 15 is 0 Å². The molecule has 0 unspecified atom stereocenters. The van der Waals surface area contributed by atoms with Crippen LogP contribution in [-0.4, -0.2) is 18.0 Å². The van der Waals surface area contributed by atoms with Gasteiger partial charge in [-0.15, -0.1) is 0 Å². The Kier molecular flexibility index (Phi) is 3.88. The number of rotatable bonds is 2. The largest absolute Gasteiger partial charge is 0.463 e. The number of allylic oxidation sites excluding steroid dienone is 8. The van der Waals surface area contributed by atoms with Crippen molar-refractivity contribution in [3.8, 4) is 0 Å². The zero-order valence-electron chi connectivity index (χ0n) is 16.5. The number of ether oxygens (including phenoxy) is 3. The SMILES string of the molecule is CN(C(=O)OC1=C2OC=CC=C2CC1(C)C)C1=C2OC=CC=C2CC1(C)C. The van der Waals surface area contributed by atoms with Gasteiger partial charge in [0.25, 0.3) is 0 Å². The smallest absolute Gasteiger partial charge is 0.419 e. The summed E-state index contributed by atoms with van der Waals surface area (Å²) in [5.41, 5.74) is 2.47. The Labute approximate surface area is 160 Å². The van der Waals surface area contributed by atoms with Crippen molar-refractivity contribution in [3.63, 3.8) is 0 Å². The van der Waals surface area contributed by atoms with E-state index in [1.165, 1.54) is 0 Å². The summed E-state index contributed by atoms with van der Waals surface area (Å²) in [4.78, 5) is 14.6. The van der Waals surface area contributed by atoms with E-state index in [1.807, 2.05) is 24.3 Å². The molecule has 142 valence electrons. The van der Waals surface area contributed by atoms with E-state index in [-0.39, 0.29) is 10.8 Å². The van der Waals surface area contributed by atoms with Gasteiger partial charge in [0.05, 0.1) is 18.2 Å². The highest BCUT2D eigenvalue weighted by Crippen LogP contribution is 2.50. The lowest BCUT2D eigenvalue weighted by molar-refractivity contribution is 0.115. The quantitative estimate of drug-likeness (QED) is 0.666.